The number of amides is 2. The molecule has 2 amide bonds. The molecule has 26 heavy (non-hydrogen) atoms. The lowest BCUT2D eigenvalue weighted by molar-refractivity contribution is -0.255. The fourth-order valence-corrected chi connectivity index (χ4v) is 3.47. The second kappa shape index (κ2) is 7.21. The van der Waals surface area contributed by atoms with Crippen molar-refractivity contribution in [1.82, 2.24) is 4.90 Å². The Morgan fingerprint density at radius 1 is 1.31 bits per heavy atom. The summed E-state index contributed by atoms with van der Waals surface area (Å²) in [6.07, 6.45) is 2.21. The fourth-order valence-electron chi connectivity index (χ4n) is 2.56. The zero-order valence-corrected chi connectivity index (χ0v) is 15.0. The number of thioether (sulfide) groups is 1. The fraction of sp³-hybridized carbons (Fsp3) is 0.211. The average Bonchev–Trinajstić information content (AvgIpc) is 3.19. The van der Waals surface area contributed by atoms with E-state index in [9.17, 15) is 19.5 Å². The molecule has 6 nitrogen and oxygen atoms in total. The Morgan fingerprint density at radius 3 is 2.77 bits per heavy atom. The lowest BCUT2D eigenvalue weighted by atomic mass is 10.1. The van der Waals surface area contributed by atoms with Crippen molar-refractivity contribution < 1.29 is 23.9 Å². The van der Waals surface area contributed by atoms with Crippen molar-refractivity contribution >= 4 is 35.0 Å². The molecule has 1 fully saturated rings. The number of rotatable bonds is 5. The van der Waals surface area contributed by atoms with Crippen molar-refractivity contribution in [3.63, 3.8) is 0 Å². The molecule has 0 unspecified atom stereocenters. The Labute approximate surface area is 154 Å². The third-order valence-corrected chi connectivity index (χ3v) is 5.02. The number of aromatic carboxylic acids is 1. The van der Waals surface area contributed by atoms with Crippen molar-refractivity contribution in [2.75, 3.05) is 0 Å². The van der Waals surface area contributed by atoms with Crippen LogP contribution in [0.1, 0.15) is 36.4 Å². The molecule has 0 bridgehead atoms. The Kier molecular flexibility index (Phi) is 4.99. The summed E-state index contributed by atoms with van der Waals surface area (Å²) in [5.41, 5.74) is 0.634. The summed E-state index contributed by atoms with van der Waals surface area (Å²) >= 11 is 0.884. The lowest BCUT2D eigenvalue weighted by Crippen LogP contribution is -2.36. The van der Waals surface area contributed by atoms with E-state index in [2.05, 4.69) is 0 Å². The lowest BCUT2D eigenvalue weighted by Gasteiger charge is -2.19. The number of hydrogen-bond acceptors (Lipinski definition) is 6. The molecule has 1 saturated heterocycles. The van der Waals surface area contributed by atoms with Gasteiger partial charge in [0.15, 0.2) is 0 Å². The van der Waals surface area contributed by atoms with Crippen LogP contribution in [0.3, 0.4) is 0 Å². The van der Waals surface area contributed by atoms with Gasteiger partial charge in [-0.15, -0.1) is 0 Å². The molecule has 1 aliphatic rings. The maximum absolute atomic E-state index is 12.4. The predicted octanol–water partition coefficient (Wildman–Crippen LogP) is 3.14. The molecule has 134 valence electrons. The first-order valence-corrected chi connectivity index (χ1v) is 8.91. The van der Waals surface area contributed by atoms with Gasteiger partial charge in [0, 0.05) is 17.7 Å². The Bertz CT molecular complexity index is 914. The molecular weight excluding hydrogens is 354 g/mol. The number of carboxylic acids is 1. The molecule has 1 atom stereocenters. The Balaban J connectivity index is 1.86. The quantitative estimate of drug-likeness (QED) is 0.751. The Morgan fingerprint density at radius 2 is 2.08 bits per heavy atom. The summed E-state index contributed by atoms with van der Waals surface area (Å²) in [5, 5.41) is 10.7. The number of carboxylic acid groups (broad SMARTS) is 1. The molecule has 0 spiro atoms. The number of carbonyl (C=O) groups excluding carboxylic acids is 3. The van der Waals surface area contributed by atoms with E-state index in [0.717, 1.165) is 11.8 Å². The normalized spacial score (nSPS) is 17.2. The van der Waals surface area contributed by atoms with Gasteiger partial charge in [0.2, 0.25) is 0 Å². The first-order valence-electron chi connectivity index (χ1n) is 8.09. The first kappa shape index (κ1) is 18.0. The maximum Gasteiger partial charge on any atom is 0.293 e. The summed E-state index contributed by atoms with van der Waals surface area (Å²) in [4.78, 5) is 37.0. The van der Waals surface area contributed by atoms with Gasteiger partial charge in [-0.3, -0.25) is 14.5 Å². The number of hydrogen-bond donors (Lipinski definition) is 0. The van der Waals surface area contributed by atoms with Crippen molar-refractivity contribution in [3.8, 4) is 11.3 Å². The molecule has 2 aromatic rings. The first-order chi connectivity index (χ1) is 12.4. The minimum atomic E-state index is -1.27. The highest BCUT2D eigenvalue weighted by Crippen LogP contribution is 2.35. The van der Waals surface area contributed by atoms with Crippen LogP contribution in [0.4, 0.5) is 4.79 Å². The number of benzene rings is 1. The Hall–Kier alpha value is -2.80. The van der Waals surface area contributed by atoms with Gasteiger partial charge in [0.05, 0.1) is 10.9 Å². The van der Waals surface area contributed by atoms with Gasteiger partial charge in [-0.25, -0.2) is 0 Å². The summed E-state index contributed by atoms with van der Waals surface area (Å²) in [7, 11) is 0. The molecule has 0 saturated carbocycles. The van der Waals surface area contributed by atoms with Crippen LogP contribution in [-0.4, -0.2) is 28.1 Å². The summed E-state index contributed by atoms with van der Waals surface area (Å²) in [5.74, 6) is -0.724. The third-order valence-electron chi connectivity index (χ3n) is 4.14. The highest BCUT2D eigenvalue weighted by molar-refractivity contribution is 8.18. The van der Waals surface area contributed by atoms with Crippen LogP contribution in [-0.2, 0) is 4.79 Å². The number of furan rings is 1. The van der Waals surface area contributed by atoms with Gasteiger partial charge < -0.3 is 14.3 Å². The van der Waals surface area contributed by atoms with Gasteiger partial charge in [0.25, 0.3) is 11.1 Å². The van der Waals surface area contributed by atoms with Gasteiger partial charge >= 0.3 is 0 Å². The minimum Gasteiger partial charge on any atom is -0.545 e. The van der Waals surface area contributed by atoms with E-state index in [-0.39, 0.29) is 22.8 Å². The van der Waals surface area contributed by atoms with Crippen molar-refractivity contribution in [2.24, 2.45) is 0 Å². The highest BCUT2D eigenvalue weighted by Gasteiger charge is 2.37. The summed E-state index contributed by atoms with van der Waals surface area (Å²) < 4.78 is 5.69. The summed E-state index contributed by atoms with van der Waals surface area (Å²) in [6.45, 7) is 3.74. The van der Waals surface area contributed by atoms with Crippen LogP contribution < -0.4 is 5.11 Å². The van der Waals surface area contributed by atoms with Crippen LogP contribution in [0.2, 0.25) is 0 Å². The summed E-state index contributed by atoms with van der Waals surface area (Å²) in [6, 6.07) is 9.39. The van der Waals surface area contributed by atoms with Crippen LogP contribution in [0.25, 0.3) is 17.4 Å². The monoisotopic (exact) mass is 370 g/mol. The second-order valence-electron chi connectivity index (χ2n) is 5.88. The largest absolute Gasteiger partial charge is 0.545 e. The van der Waals surface area contributed by atoms with E-state index in [0.29, 0.717) is 28.4 Å². The molecule has 0 aliphatic carbocycles. The predicted molar refractivity (Wildman–Crippen MR) is 96.0 cm³/mol. The van der Waals surface area contributed by atoms with Crippen molar-refractivity contribution in [2.45, 2.75) is 26.3 Å². The minimum absolute atomic E-state index is 0.0510. The van der Waals surface area contributed by atoms with Crippen LogP contribution in [0, 0.1) is 0 Å². The van der Waals surface area contributed by atoms with E-state index in [1.54, 1.807) is 24.3 Å². The third kappa shape index (κ3) is 3.43. The zero-order chi connectivity index (χ0) is 18.8. The molecule has 2 heterocycles. The zero-order valence-electron chi connectivity index (χ0n) is 14.2. The van der Waals surface area contributed by atoms with E-state index >= 15 is 0 Å². The van der Waals surface area contributed by atoms with Gasteiger partial charge in [-0.2, -0.15) is 0 Å². The van der Waals surface area contributed by atoms with Crippen molar-refractivity contribution in [3.05, 3.63) is 52.6 Å². The molecule has 0 N–H and O–H groups in total. The van der Waals surface area contributed by atoms with Crippen molar-refractivity contribution in [1.29, 1.82) is 0 Å². The standard InChI is InChI=1S/C19H17NO5S/c1-3-11(2)20-17(21)16(26-19(20)24)10-14-7-8-15(25-14)12-5-4-6-13(9-12)18(22)23/h4-11H,3H2,1-2H3,(H,22,23)/p-1/b16-10-/t11-/m1/s1. The van der Waals surface area contributed by atoms with Gasteiger partial charge in [-0.05, 0) is 48.9 Å². The number of imide groups is 1. The molecule has 1 aliphatic heterocycles. The molecule has 1 aromatic carbocycles. The maximum atomic E-state index is 12.4. The highest BCUT2D eigenvalue weighted by atomic mass is 32.2. The SMILES string of the molecule is CC[C@@H](C)N1C(=O)S/C(=C\c2ccc(-c3cccc(C(=O)[O-])c3)o2)C1=O. The molecule has 1 aromatic heterocycles. The van der Waals surface area contributed by atoms with Crippen LogP contribution in [0.5, 0.6) is 0 Å². The molecular formula is C19H16NO5S-. The van der Waals surface area contributed by atoms with Gasteiger partial charge in [-0.1, -0.05) is 25.1 Å². The van der Waals surface area contributed by atoms with Crippen LogP contribution >= 0.6 is 11.8 Å². The number of carbonyl (C=O) groups is 3. The molecule has 3 rings (SSSR count). The smallest absolute Gasteiger partial charge is 0.293 e. The second-order valence-corrected chi connectivity index (χ2v) is 6.87. The topological polar surface area (TPSA) is 90.7 Å². The van der Waals surface area contributed by atoms with Gasteiger partial charge in [0.1, 0.15) is 11.5 Å². The van der Waals surface area contributed by atoms with E-state index in [1.165, 1.54) is 23.1 Å². The molecule has 7 heteroatoms. The van der Waals surface area contributed by atoms with E-state index < -0.39 is 5.97 Å². The van der Waals surface area contributed by atoms with Crippen LogP contribution in [0.15, 0.2) is 45.7 Å². The van der Waals surface area contributed by atoms with E-state index in [4.69, 9.17) is 4.42 Å². The average molecular weight is 370 g/mol. The molecule has 0 radical (unpaired) electrons. The number of nitrogens with zero attached hydrogens (tertiary/aromatic N) is 1. The van der Waals surface area contributed by atoms with E-state index in [1.807, 2.05) is 13.8 Å².